The fourth-order valence-electron chi connectivity index (χ4n) is 4.12. The molecule has 1 saturated heterocycles. The number of rotatable bonds is 5. The lowest BCUT2D eigenvalue weighted by molar-refractivity contribution is 0.0946. The van der Waals surface area contributed by atoms with Crippen LogP contribution in [0.2, 0.25) is 0 Å². The number of nitrogens with one attached hydrogen (secondary N) is 1. The number of amides is 2. The lowest BCUT2D eigenvalue weighted by Gasteiger charge is -2.34. The van der Waals surface area contributed by atoms with Gasteiger partial charge in [-0.25, -0.2) is 4.98 Å². The molecule has 0 bridgehead atoms. The Labute approximate surface area is 169 Å². The van der Waals surface area contributed by atoms with Crippen LogP contribution in [0.25, 0.3) is 10.9 Å². The molecule has 2 aromatic heterocycles. The number of hydrogen-bond acceptors (Lipinski definition) is 4. The normalized spacial score (nSPS) is 16.7. The zero-order valence-electron chi connectivity index (χ0n) is 16.5. The van der Waals surface area contributed by atoms with Crippen LogP contribution in [0.4, 0.5) is 5.82 Å². The van der Waals surface area contributed by atoms with Crippen LogP contribution in [0, 0.1) is 5.92 Å². The van der Waals surface area contributed by atoms with E-state index in [0.717, 1.165) is 36.8 Å². The largest absolute Gasteiger partial charge is 0.365 e. The Bertz CT molecular complexity index is 1060. The van der Waals surface area contributed by atoms with E-state index in [9.17, 15) is 9.59 Å². The van der Waals surface area contributed by atoms with Gasteiger partial charge in [-0.1, -0.05) is 18.2 Å². The average molecular weight is 391 g/mol. The van der Waals surface area contributed by atoms with Gasteiger partial charge in [0.05, 0.1) is 11.1 Å². The zero-order chi connectivity index (χ0) is 20.4. The molecule has 1 aliphatic heterocycles. The molecule has 4 rings (SSSR count). The molecule has 1 aromatic carbocycles. The summed E-state index contributed by atoms with van der Waals surface area (Å²) < 4.78 is 1.97. The van der Waals surface area contributed by atoms with Crippen LogP contribution in [-0.2, 0) is 7.05 Å². The molecule has 2 amide bonds. The highest BCUT2D eigenvalue weighted by atomic mass is 16.2. The van der Waals surface area contributed by atoms with Crippen LogP contribution in [0.3, 0.4) is 0 Å². The van der Waals surface area contributed by atoms with Gasteiger partial charge in [-0.3, -0.25) is 9.59 Å². The number of fused-ring (bicyclic) bond motifs is 1. The van der Waals surface area contributed by atoms with Crippen LogP contribution < -0.4 is 16.0 Å². The van der Waals surface area contributed by atoms with E-state index in [4.69, 9.17) is 5.73 Å². The predicted octanol–water partition coefficient (Wildman–Crippen LogP) is 2.32. The van der Waals surface area contributed by atoms with Gasteiger partial charge in [0.1, 0.15) is 5.82 Å². The van der Waals surface area contributed by atoms with Gasteiger partial charge < -0.3 is 20.5 Å². The third-order valence-electron chi connectivity index (χ3n) is 5.56. The van der Waals surface area contributed by atoms with Crippen molar-refractivity contribution < 1.29 is 9.59 Å². The van der Waals surface area contributed by atoms with E-state index < -0.39 is 5.91 Å². The molecule has 1 aliphatic rings. The van der Waals surface area contributed by atoms with Gasteiger partial charge >= 0.3 is 0 Å². The standard InChI is InChI=1S/C22H25N5O2/c1-26-14-18(16-7-2-3-9-19(16)26)22(29)25-12-15-6-5-11-27(13-15)21-17(20(23)28)8-4-10-24-21/h2-4,7-10,14-15H,5-6,11-13H2,1H3,(H2,23,28)(H,25,29). The average Bonchev–Trinajstić information content (AvgIpc) is 3.09. The maximum Gasteiger partial charge on any atom is 0.253 e. The van der Waals surface area contributed by atoms with Gasteiger partial charge in [0.2, 0.25) is 0 Å². The highest BCUT2D eigenvalue weighted by Gasteiger charge is 2.24. The predicted molar refractivity (Wildman–Crippen MR) is 113 cm³/mol. The van der Waals surface area contributed by atoms with Crippen molar-refractivity contribution in [2.75, 3.05) is 24.5 Å². The number of carbonyl (C=O) groups excluding carboxylic acids is 2. The monoisotopic (exact) mass is 391 g/mol. The first-order valence-corrected chi connectivity index (χ1v) is 9.86. The Hall–Kier alpha value is -3.35. The number of nitrogens with zero attached hydrogens (tertiary/aromatic N) is 3. The topological polar surface area (TPSA) is 93.2 Å². The minimum atomic E-state index is -0.473. The van der Waals surface area contributed by atoms with E-state index in [-0.39, 0.29) is 11.8 Å². The maximum absolute atomic E-state index is 12.8. The van der Waals surface area contributed by atoms with Gasteiger partial charge in [0.15, 0.2) is 0 Å². The van der Waals surface area contributed by atoms with Crippen molar-refractivity contribution in [3.63, 3.8) is 0 Å². The molecule has 7 heteroatoms. The number of aromatic nitrogens is 2. The van der Waals surface area contributed by atoms with Gasteiger partial charge in [0, 0.05) is 50.0 Å². The first-order chi connectivity index (χ1) is 14.0. The van der Waals surface area contributed by atoms with Crippen LogP contribution in [-0.4, -0.2) is 41.0 Å². The summed E-state index contributed by atoms with van der Waals surface area (Å²) in [7, 11) is 1.95. The molecule has 1 atom stereocenters. The second-order valence-electron chi connectivity index (χ2n) is 7.57. The Kier molecular flexibility index (Phi) is 5.20. The summed E-state index contributed by atoms with van der Waals surface area (Å²) in [6.07, 6.45) is 5.54. The maximum atomic E-state index is 12.8. The number of para-hydroxylation sites is 1. The summed E-state index contributed by atoms with van der Waals surface area (Å²) in [6, 6.07) is 11.3. The number of nitrogens with two attached hydrogens (primary N) is 1. The van der Waals surface area contributed by atoms with Crippen LogP contribution in [0.1, 0.15) is 33.6 Å². The molecule has 29 heavy (non-hydrogen) atoms. The highest BCUT2D eigenvalue weighted by Crippen LogP contribution is 2.25. The molecule has 3 N–H and O–H groups in total. The lowest BCUT2D eigenvalue weighted by atomic mass is 9.97. The fraction of sp³-hybridized carbons (Fsp3) is 0.318. The minimum absolute atomic E-state index is 0.0606. The number of primary amides is 1. The van der Waals surface area contributed by atoms with Crippen molar-refractivity contribution in [2.24, 2.45) is 18.7 Å². The van der Waals surface area contributed by atoms with Crippen LogP contribution in [0.5, 0.6) is 0 Å². The Morgan fingerprint density at radius 3 is 2.86 bits per heavy atom. The minimum Gasteiger partial charge on any atom is -0.365 e. The molecular weight excluding hydrogens is 366 g/mol. The number of hydrogen-bond donors (Lipinski definition) is 2. The summed E-state index contributed by atoms with van der Waals surface area (Å²) in [5.74, 6) is 0.379. The second kappa shape index (κ2) is 7.95. The van der Waals surface area contributed by atoms with Crippen molar-refractivity contribution in [1.82, 2.24) is 14.9 Å². The molecule has 7 nitrogen and oxygen atoms in total. The van der Waals surface area contributed by atoms with E-state index in [1.54, 1.807) is 18.3 Å². The molecule has 150 valence electrons. The SMILES string of the molecule is Cn1cc(C(=O)NCC2CCCN(c3ncccc3C(N)=O)C2)c2ccccc21. The highest BCUT2D eigenvalue weighted by molar-refractivity contribution is 6.07. The summed E-state index contributed by atoms with van der Waals surface area (Å²) in [4.78, 5) is 31.0. The fourth-order valence-corrected chi connectivity index (χ4v) is 4.12. The summed E-state index contributed by atoms with van der Waals surface area (Å²) >= 11 is 0. The van der Waals surface area contributed by atoms with Gasteiger partial charge in [-0.05, 0) is 37.0 Å². The van der Waals surface area contributed by atoms with Crippen molar-refractivity contribution >= 4 is 28.5 Å². The second-order valence-corrected chi connectivity index (χ2v) is 7.57. The Morgan fingerprint density at radius 1 is 1.21 bits per heavy atom. The van der Waals surface area contributed by atoms with Crippen molar-refractivity contribution in [3.05, 3.63) is 59.9 Å². The van der Waals surface area contributed by atoms with Gasteiger partial charge in [-0.15, -0.1) is 0 Å². The van der Waals surface area contributed by atoms with Crippen molar-refractivity contribution in [3.8, 4) is 0 Å². The van der Waals surface area contributed by atoms with E-state index >= 15 is 0 Å². The number of aryl methyl sites for hydroxylation is 1. The number of anilines is 1. The molecule has 1 unspecified atom stereocenters. The van der Waals surface area contributed by atoms with E-state index in [1.165, 1.54) is 0 Å². The zero-order valence-corrected chi connectivity index (χ0v) is 16.5. The number of piperidine rings is 1. The Morgan fingerprint density at radius 2 is 2.03 bits per heavy atom. The molecule has 3 heterocycles. The quantitative estimate of drug-likeness (QED) is 0.698. The number of benzene rings is 1. The summed E-state index contributed by atoms with van der Waals surface area (Å²) in [5.41, 5.74) is 7.67. The molecule has 0 spiro atoms. The van der Waals surface area contributed by atoms with Crippen LogP contribution in [0.15, 0.2) is 48.8 Å². The molecular formula is C22H25N5O2. The van der Waals surface area contributed by atoms with Gasteiger partial charge in [-0.2, -0.15) is 0 Å². The van der Waals surface area contributed by atoms with Crippen molar-refractivity contribution in [2.45, 2.75) is 12.8 Å². The molecule has 0 radical (unpaired) electrons. The third kappa shape index (κ3) is 3.81. The van der Waals surface area contributed by atoms with Crippen molar-refractivity contribution in [1.29, 1.82) is 0 Å². The molecule has 0 aliphatic carbocycles. The lowest BCUT2D eigenvalue weighted by Crippen LogP contribution is -2.42. The molecule has 0 saturated carbocycles. The Balaban J connectivity index is 1.44. The summed E-state index contributed by atoms with van der Waals surface area (Å²) in [6.45, 7) is 2.13. The summed E-state index contributed by atoms with van der Waals surface area (Å²) in [5, 5.41) is 4.05. The van der Waals surface area contributed by atoms with Gasteiger partial charge in [0.25, 0.3) is 11.8 Å². The van der Waals surface area contributed by atoms with E-state index in [2.05, 4.69) is 15.2 Å². The number of carbonyl (C=O) groups is 2. The first kappa shape index (κ1) is 19.0. The van der Waals surface area contributed by atoms with Crippen LogP contribution >= 0.6 is 0 Å². The third-order valence-corrected chi connectivity index (χ3v) is 5.56. The van der Waals surface area contributed by atoms with E-state index in [1.807, 2.05) is 42.1 Å². The molecule has 1 fully saturated rings. The van der Waals surface area contributed by atoms with E-state index in [0.29, 0.717) is 23.5 Å². The smallest absolute Gasteiger partial charge is 0.253 e. The molecule has 3 aromatic rings. The first-order valence-electron chi connectivity index (χ1n) is 9.86. The number of pyridine rings is 1.